The van der Waals surface area contributed by atoms with Crippen LogP contribution in [0, 0.1) is 0 Å². The summed E-state index contributed by atoms with van der Waals surface area (Å²) >= 11 is 3.65. The smallest absolute Gasteiger partial charge is 0.321 e. The van der Waals surface area contributed by atoms with Gasteiger partial charge in [0.15, 0.2) is 0 Å². The normalized spacial score (nSPS) is 10.4. The number of carbonyl (C=O) groups is 1. The zero-order valence-corrected chi connectivity index (χ0v) is 8.94. The van der Waals surface area contributed by atoms with Gasteiger partial charge in [-0.2, -0.15) is 12.6 Å². The molecule has 6 N–H and O–H groups in total. The van der Waals surface area contributed by atoms with Crippen molar-refractivity contribution in [2.75, 3.05) is 5.75 Å². The van der Waals surface area contributed by atoms with Gasteiger partial charge in [-0.3, -0.25) is 4.79 Å². The molecule has 9 heavy (non-hydrogen) atoms. The predicted molar refractivity (Wildman–Crippen MR) is 34.5 cm³/mol. The maximum absolute atomic E-state index is 9.76. The Hall–Kier alpha value is 0.363. The van der Waals surface area contributed by atoms with Crippen LogP contribution in [0.5, 0.6) is 0 Å². The molecule has 0 aliphatic rings. The molecule has 0 fully saturated rings. The van der Waals surface area contributed by atoms with Crippen LogP contribution < -0.4 is 11.9 Å². The van der Waals surface area contributed by atoms with Gasteiger partial charge < -0.3 is 17.0 Å². The van der Waals surface area contributed by atoms with Crippen LogP contribution in [0.15, 0.2) is 0 Å². The molecule has 0 amide bonds. The second-order valence-electron chi connectivity index (χ2n) is 1.13. The molecule has 0 aromatic carbocycles. The first-order valence-corrected chi connectivity index (χ1v) is 2.41. The van der Waals surface area contributed by atoms with E-state index in [2.05, 4.69) is 12.6 Å². The van der Waals surface area contributed by atoms with Crippen LogP contribution >= 0.6 is 12.6 Å². The number of carboxylic acids is 1. The maximum atomic E-state index is 9.76. The van der Waals surface area contributed by atoms with Crippen molar-refractivity contribution in [2.24, 2.45) is 5.73 Å². The fraction of sp³-hybridized carbons (Fsp3) is 0.667. The van der Waals surface area contributed by atoms with Crippen LogP contribution in [-0.2, 0) is 24.3 Å². The van der Waals surface area contributed by atoms with Crippen molar-refractivity contribution in [3.63, 3.8) is 0 Å². The van der Waals surface area contributed by atoms with Crippen molar-refractivity contribution in [3.05, 3.63) is 0 Å². The molecule has 0 aliphatic heterocycles. The summed E-state index contributed by atoms with van der Waals surface area (Å²) in [7, 11) is 0. The van der Waals surface area contributed by atoms with Crippen molar-refractivity contribution in [2.45, 2.75) is 6.04 Å². The van der Waals surface area contributed by atoms with Gasteiger partial charge in [0.2, 0.25) is 0 Å². The molecule has 0 aliphatic carbocycles. The van der Waals surface area contributed by atoms with Gasteiger partial charge in [0.1, 0.15) is 6.04 Å². The first-order chi connectivity index (χ1) is 3.18. The number of thiol groups is 1. The molecule has 0 radical (unpaired) electrons. The Balaban J connectivity index is -0.000000180. The van der Waals surface area contributed by atoms with Crippen LogP contribution in [0.1, 0.15) is 0 Å². The number of carboxylic acid groups (broad SMARTS) is 1. The predicted octanol–water partition coefficient (Wildman–Crippen LogP) is -0.512. The summed E-state index contributed by atoms with van der Waals surface area (Å²) in [6.45, 7) is 0. The number of nitrogens with two attached hydrogens (primary N) is 1. The van der Waals surface area contributed by atoms with Gasteiger partial charge in [-0.25, -0.2) is 0 Å². The SMILES string of the molecule is N.NC(CS)C(=O)O.[Zn]. The van der Waals surface area contributed by atoms with Crippen LogP contribution in [-0.4, -0.2) is 22.9 Å². The van der Waals surface area contributed by atoms with Gasteiger partial charge >= 0.3 is 5.97 Å². The average molecular weight is 204 g/mol. The molecule has 0 rings (SSSR count). The molecule has 52 valence electrons. The summed E-state index contributed by atoms with van der Waals surface area (Å²) in [5, 5.41) is 8.01. The molecular formula is C3H10N2O2SZn. The fourth-order valence-corrected chi connectivity index (χ4v) is 0.234. The zero-order valence-electron chi connectivity index (χ0n) is 5.08. The molecule has 4 nitrogen and oxygen atoms in total. The Morgan fingerprint density at radius 3 is 2.11 bits per heavy atom. The van der Waals surface area contributed by atoms with E-state index in [1.54, 1.807) is 0 Å². The molecule has 1 atom stereocenters. The monoisotopic (exact) mass is 202 g/mol. The number of hydrogen-bond donors (Lipinski definition) is 4. The third-order valence-electron chi connectivity index (χ3n) is 0.514. The van der Waals surface area contributed by atoms with E-state index < -0.39 is 12.0 Å². The van der Waals surface area contributed by atoms with Crippen molar-refractivity contribution >= 4 is 18.6 Å². The summed E-state index contributed by atoms with van der Waals surface area (Å²) in [5.41, 5.74) is 4.94. The van der Waals surface area contributed by atoms with Gasteiger partial charge in [-0.15, -0.1) is 0 Å². The molecule has 0 heterocycles. The topological polar surface area (TPSA) is 98.3 Å². The van der Waals surface area contributed by atoms with Gasteiger partial charge in [-0.1, -0.05) is 0 Å². The first-order valence-electron chi connectivity index (χ1n) is 1.77. The van der Waals surface area contributed by atoms with E-state index in [0.29, 0.717) is 0 Å². The third kappa shape index (κ3) is 8.36. The van der Waals surface area contributed by atoms with E-state index in [1.165, 1.54) is 0 Å². The summed E-state index contributed by atoms with van der Waals surface area (Å²) in [6, 6.07) is -0.816. The minimum absolute atomic E-state index is 0. The molecule has 0 spiro atoms. The largest absolute Gasteiger partial charge is 0.480 e. The van der Waals surface area contributed by atoms with E-state index >= 15 is 0 Å². The van der Waals surface area contributed by atoms with Crippen molar-refractivity contribution in [1.29, 1.82) is 0 Å². The maximum Gasteiger partial charge on any atom is 0.321 e. The molecule has 6 heteroatoms. The number of rotatable bonds is 2. The Kier molecular flexibility index (Phi) is 15.0. The molecular weight excluding hydrogens is 194 g/mol. The zero-order chi connectivity index (χ0) is 5.86. The van der Waals surface area contributed by atoms with Gasteiger partial charge in [0.25, 0.3) is 0 Å². The summed E-state index contributed by atoms with van der Waals surface area (Å²) in [6.07, 6.45) is 0. The van der Waals surface area contributed by atoms with Crippen LogP contribution in [0.2, 0.25) is 0 Å². The molecule has 0 aromatic rings. The quantitative estimate of drug-likeness (QED) is 0.359. The Morgan fingerprint density at radius 1 is 1.78 bits per heavy atom. The molecule has 0 aromatic heterocycles. The van der Waals surface area contributed by atoms with Gasteiger partial charge in [-0.05, 0) is 0 Å². The van der Waals surface area contributed by atoms with E-state index in [-0.39, 0.29) is 31.4 Å². The van der Waals surface area contributed by atoms with Crippen molar-refractivity contribution < 1.29 is 29.4 Å². The molecule has 0 bridgehead atoms. The summed E-state index contributed by atoms with van der Waals surface area (Å²) in [4.78, 5) is 9.76. The summed E-state index contributed by atoms with van der Waals surface area (Å²) < 4.78 is 0. The van der Waals surface area contributed by atoms with Crippen molar-refractivity contribution in [3.8, 4) is 0 Å². The minimum Gasteiger partial charge on any atom is -0.480 e. The Morgan fingerprint density at radius 2 is 2.11 bits per heavy atom. The average Bonchev–Trinajstić information content (AvgIpc) is 1.65. The molecule has 0 saturated heterocycles. The fourth-order valence-electron chi connectivity index (χ4n) is 0.0781. The van der Waals surface area contributed by atoms with Crippen molar-refractivity contribution in [1.82, 2.24) is 6.15 Å². The van der Waals surface area contributed by atoms with E-state index in [1.807, 2.05) is 0 Å². The summed E-state index contributed by atoms with van der Waals surface area (Å²) in [5.74, 6) is -0.815. The number of aliphatic carboxylic acids is 1. The van der Waals surface area contributed by atoms with Crippen LogP contribution in [0.4, 0.5) is 0 Å². The Bertz CT molecular complexity index is 82.2. The van der Waals surface area contributed by atoms with Gasteiger partial charge in [0.05, 0.1) is 0 Å². The standard InChI is InChI=1S/C3H7NO2S.H3N.Zn/c4-2(1-7)3(5)6;;/h2,7H,1,4H2,(H,5,6);1H3;. The minimum atomic E-state index is -1.00. The van der Waals surface area contributed by atoms with E-state index in [4.69, 9.17) is 10.8 Å². The van der Waals surface area contributed by atoms with E-state index in [9.17, 15) is 4.79 Å². The first kappa shape index (κ1) is 16.2. The second kappa shape index (κ2) is 8.36. The third-order valence-corrected chi connectivity index (χ3v) is 0.907. The number of hydrogen-bond acceptors (Lipinski definition) is 4. The van der Waals surface area contributed by atoms with Gasteiger partial charge in [0, 0.05) is 25.2 Å². The Labute approximate surface area is 71.9 Å². The molecule has 0 saturated carbocycles. The molecule has 1 unspecified atom stereocenters. The van der Waals surface area contributed by atoms with Crippen LogP contribution in [0.25, 0.3) is 0 Å². The van der Waals surface area contributed by atoms with Crippen LogP contribution in [0.3, 0.4) is 0 Å². The second-order valence-corrected chi connectivity index (χ2v) is 1.49. The van der Waals surface area contributed by atoms with E-state index in [0.717, 1.165) is 0 Å².